The summed E-state index contributed by atoms with van der Waals surface area (Å²) in [6, 6.07) is 4.95. The van der Waals surface area contributed by atoms with Gasteiger partial charge < -0.3 is 14.2 Å². The molecular weight excluding hydrogens is 368 g/mol. The van der Waals surface area contributed by atoms with Crippen molar-refractivity contribution in [2.75, 3.05) is 25.2 Å². The van der Waals surface area contributed by atoms with Crippen molar-refractivity contribution in [2.45, 2.75) is 58.8 Å². The van der Waals surface area contributed by atoms with E-state index in [-0.39, 0.29) is 17.5 Å². The lowest BCUT2D eigenvalue weighted by Gasteiger charge is -2.12. The smallest absolute Gasteiger partial charge is 0.311 e. The van der Waals surface area contributed by atoms with Crippen LogP contribution in [0.3, 0.4) is 0 Å². The fourth-order valence-electron chi connectivity index (χ4n) is 2.57. The third-order valence-electron chi connectivity index (χ3n) is 3.98. The van der Waals surface area contributed by atoms with Crippen LogP contribution in [0.1, 0.15) is 58.8 Å². The third kappa shape index (κ3) is 9.65. The number of carbonyl (C=O) groups is 1. The highest BCUT2D eigenvalue weighted by molar-refractivity contribution is 7.91. The number of ether oxygens (including phenoxy) is 3. The van der Waals surface area contributed by atoms with Gasteiger partial charge in [0.2, 0.25) is 0 Å². The number of benzene rings is 1. The van der Waals surface area contributed by atoms with Gasteiger partial charge in [-0.15, -0.1) is 0 Å². The van der Waals surface area contributed by atoms with E-state index in [9.17, 15) is 13.2 Å². The molecule has 0 spiro atoms. The molecule has 0 N–H and O–H groups in total. The molecule has 1 rings (SSSR count). The molecule has 1 aromatic rings. The van der Waals surface area contributed by atoms with Crippen LogP contribution in [-0.4, -0.2) is 39.6 Å². The van der Waals surface area contributed by atoms with Crippen molar-refractivity contribution >= 4 is 15.8 Å². The maximum Gasteiger partial charge on any atom is 0.311 e. The minimum Gasteiger partial charge on any atom is -0.493 e. The number of carbonyl (C=O) groups excluding carboxylic acids is 1. The Morgan fingerprint density at radius 1 is 0.963 bits per heavy atom. The summed E-state index contributed by atoms with van der Waals surface area (Å²) in [7, 11) is -1.50. The zero-order valence-electron chi connectivity index (χ0n) is 16.7. The molecule has 6 nitrogen and oxygen atoms in total. The summed E-state index contributed by atoms with van der Waals surface area (Å²) in [4.78, 5) is 11.9. The average molecular weight is 401 g/mol. The van der Waals surface area contributed by atoms with E-state index in [4.69, 9.17) is 14.2 Å². The van der Waals surface area contributed by atoms with Crippen LogP contribution in [0.4, 0.5) is 0 Å². The number of unbranched alkanes of at least 4 members (excludes halogenated alkanes) is 3. The molecule has 0 fully saturated rings. The maximum absolute atomic E-state index is 11.9. The summed E-state index contributed by atoms with van der Waals surface area (Å²) in [6.45, 7) is 4.26. The zero-order valence-corrected chi connectivity index (χ0v) is 17.5. The molecule has 0 heterocycles. The second-order valence-electron chi connectivity index (χ2n) is 6.45. The Balaban J connectivity index is 2.50. The molecule has 154 valence electrons. The van der Waals surface area contributed by atoms with Crippen molar-refractivity contribution in [1.82, 2.24) is 0 Å². The average Bonchev–Trinajstić information content (AvgIpc) is 2.63. The SMILES string of the molecule is CCCCCCC(=O)Oc1ccc(OCCCS(=O)(=O)CCC)cc1OC. The van der Waals surface area contributed by atoms with E-state index in [1.54, 1.807) is 18.2 Å². The van der Waals surface area contributed by atoms with Crippen molar-refractivity contribution in [3.63, 3.8) is 0 Å². The standard InChI is InChI=1S/C20H32O6S/c1-4-6-7-8-10-20(21)26-18-12-11-17(16-19(18)24-3)25-13-9-15-27(22,23)14-5-2/h11-12,16H,4-10,13-15H2,1-3H3. The van der Waals surface area contributed by atoms with Gasteiger partial charge in [-0.05, 0) is 31.4 Å². The normalized spacial score (nSPS) is 11.2. The minimum absolute atomic E-state index is 0.117. The largest absolute Gasteiger partial charge is 0.493 e. The van der Waals surface area contributed by atoms with Crippen LogP contribution >= 0.6 is 0 Å². The van der Waals surface area contributed by atoms with E-state index in [1.807, 2.05) is 6.92 Å². The van der Waals surface area contributed by atoms with Crippen LogP contribution in [-0.2, 0) is 14.6 Å². The molecule has 27 heavy (non-hydrogen) atoms. The van der Waals surface area contributed by atoms with Gasteiger partial charge in [-0.3, -0.25) is 4.79 Å². The predicted molar refractivity (Wildman–Crippen MR) is 106 cm³/mol. The lowest BCUT2D eigenvalue weighted by molar-refractivity contribution is -0.134. The topological polar surface area (TPSA) is 78.9 Å². The Kier molecular flexibility index (Phi) is 10.9. The fraction of sp³-hybridized carbons (Fsp3) is 0.650. The van der Waals surface area contributed by atoms with Gasteiger partial charge >= 0.3 is 5.97 Å². The highest BCUT2D eigenvalue weighted by Gasteiger charge is 2.12. The van der Waals surface area contributed by atoms with Crippen LogP contribution in [0.25, 0.3) is 0 Å². The second-order valence-corrected chi connectivity index (χ2v) is 8.75. The first-order chi connectivity index (χ1) is 12.9. The maximum atomic E-state index is 11.9. The Bertz CT molecular complexity index is 669. The van der Waals surface area contributed by atoms with Crippen LogP contribution < -0.4 is 14.2 Å². The van der Waals surface area contributed by atoms with Crippen molar-refractivity contribution in [3.8, 4) is 17.2 Å². The molecule has 0 aromatic heterocycles. The first kappa shape index (κ1) is 23.3. The number of sulfone groups is 1. The highest BCUT2D eigenvalue weighted by Crippen LogP contribution is 2.31. The van der Waals surface area contributed by atoms with Crippen molar-refractivity contribution < 1.29 is 27.4 Å². The zero-order chi connectivity index (χ0) is 20.1. The molecule has 0 saturated heterocycles. The van der Waals surface area contributed by atoms with Gasteiger partial charge in [0.15, 0.2) is 11.5 Å². The van der Waals surface area contributed by atoms with E-state index in [2.05, 4.69) is 6.92 Å². The van der Waals surface area contributed by atoms with Gasteiger partial charge in [0.25, 0.3) is 0 Å². The Labute approximate surface area is 163 Å². The lowest BCUT2D eigenvalue weighted by Crippen LogP contribution is -2.13. The number of hydrogen-bond acceptors (Lipinski definition) is 6. The Morgan fingerprint density at radius 2 is 1.74 bits per heavy atom. The molecule has 1 aromatic carbocycles. The summed E-state index contributed by atoms with van der Waals surface area (Å²) in [5.74, 6) is 1.36. The van der Waals surface area contributed by atoms with Gasteiger partial charge in [-0.1, -0.05) is 33.1 Å². The van der Waals surface area contributed by atoms with Gasteiger partial charge in [-0.25, -0.2) is 8.42 Å². The van der Waals surface area contributed by atoms with E-state index < -0.39 is 9.84 Å². The molecule has 0 unspecified atom stereocenters. The Hall–Kier alpha value is -1.76. The minimum atomic E-state index is -2.99. The molecule has 0 atom stereocenters. The number of rotatable bonds is 14. The van der Waals surface area contributed by atoms with Crippen molar-refractivity contribution in [1.29, 1.82) is 0 Å². The van der Waals surface area contributed by atoms with Crippen molar-refractivity contribution in [2.24, 2.45) is 0 Å². The molecule has 0 aliphatic rings. The molecule has 0 saturated carbocycles. The number of esters is 1. The summed E-state index contributed by atoms with van der Waals surface area (Å²) in [5.41, 5.74) is 0. The Morgan fingerprint density at radius 3 is 2.41 bits per heavy atom. The summed E-state index contributed by atoms with van der Waals surface area (Å²) < 4.78 is 39.6. The van der Waals surface area contributed by atoms with E-state index in [1.165, 1.54) is 7.11 Å². The van der Waals surface area contributed by atoms with Gasteiger partial charge in [0, 0.05) is 18.2 Å². The van der Waals surface area contributed by atoms with Gasteiger partial charge in [0.1, 0.15) is 15.6 Å². The van der Waals surface area contributed by atoms with Crippen LogP contribution in [0.15, 0.2) is 18.2 Å². The summed E-state index contributed by atoms with van der Waals surface area (Å²) >= 11 is 0. The van der Waals surface area contributed by atoms with Crippen molar-refractivity contribution in [3.05, 3.63) is 18.2 Å². The quantitative estimate of drug-likeness (QED) is 0.265. The lowest BCUT2D eigenvalue weighted by atomic mass is 10.1. The molecule has 0 bridgehead atoms. The van der Waals surface area contributed by atoms with E-state index in [0.29, 0.717) is 43.1 Å². The molecule has 0 amide bonds. The first-order valence-electron chi connectivity index (χ1n) is 9.63. The molecular formula is C20H32O6S. The number of methoxy groups -OCH3 is 1. The molecule has 7 heteroatoms. The van der Waals surface area contributed by atoms with Crippen LogP contribution in [0.2, 0.25) is 0 Å². The molecule has 0 aliphatic carbocycles. The number of hydrogen-bond donors (Lipinski definition) is 0. The van der Waals surface area contributed by atoms with E-state index in [0.717, 1.165) is 25.7 Å². The van der Waals surface area contributed by atoms with Crippen LogP contribution in [0.5, 0.6) is 17.2 Å². The highest BCUT2D eigenvalue weighted by atomic mass is 32.2. The summed E-state index contributed by atoms with van der Waals surface area (Å²) in [6.07, 6.45) is 5.50. The van der Waals surface area contributed by atoms with Gasteiger partial charge in [-0.2, -0.15) is 0 Å². The van der Waals surface area contributed by atoms with Crippen LogP contribution in [0, 0.1) is 0 Å². The van der Waals surface area contributed by atoms with Gasteiger partial charge in [0.05, 0.1) is 19.5 Å². The molecule has 0 radical (unpaired) electrons. The third-order valence-corrected chi connectivity index (χ3v) is 5.92. The second kappa shape index (κ2) is 12.6. The van der Waals surface area contributed by atoms with E-state index >= 15 is 0 Å². The fourth-order valence-corrected chi connectivity index (χ4v) is 3.96. The monoisotopic (exact) mass is 400 g/mol. The molecule has 0 aliphatic heterocycles. The first-order valence-corrected chi connectivity index (χ1v) is 11.5. The summed E-state index contributed by atoms with van der Waals surface area (Å²) in [5, 5.41) is 0. The predicted octanol–water partition coefficient (Wildman–Crippen LogP) is 4.16.